The second kappa shape index (κ2) is 17.6. The Hall–Kier alpha value is -2.21. The van der Waals surface area contributed by atoms with Crippen LogP contribution in [0.25, 0.3) is 0 Å². The average molecular weight is 924 g/mol. The molecule has 5 saturated carbocycles. The molecule has 2 aliphatic heterocycles. The van der Waals surface area contributed by atoms with E-state index in [1.165, 1.54) is 0 Å². The van der Waals surface area contributed by atoms with E-state index in [0.29, 0.717) is 31.6 Å². The third kappa shape index (κ3) is 7.06. The minimum atomic E-state index is -1.90. The van der Waals surface area contributed by atoms with Gasteiger partial charge in [0.2, 0.25) is 0 Å². The molecule has 0 amide bonds. The van der Waals surface area contributed by atoms with E-state index in [4.69, 9.17) is 10.5 Å². The van der Waals surface area contributed by atoms with E-state index in [-0.39, 0.29) is 99.0 Å². The van der Waals surface area contributed by atoms with Crippen LogP contribution in [0.3, 0.4) is 0 Å². The number of rotatable bonds is 11. The Kier molecular flexibility index (Phi) is 13.0. The summed E-state index contributed by atoms with van der Waals surface area (Å²) in [6.45, 7) is 7.27. The molecule has 9 rings (SSSR count). The minimum absolute atomic E-state index is 0.0202. The number of dihydropyridines is 1. The molecule has 66 heavy (non-hydrogen) atoms. The molecule has 6 fully saturated rings. The predicted octanol–water partition coefficient (Wildman–Crippen LogP) is 2.87. The summed E-state index contributed by atoms with van der Waals surface area (Å²) in [6, 6.07) is 0. The van der Waals surface area contributed by atoms with Crippen molar-refractivity contribution in [3.05, 3.63) is 46.8 Å². The van der Waals surface area contributed by atoms with E-state index in [1.54, 1.807) is 13.8 Å². The van der Waals surface area contributed by atoms with Gasteiger partial charge < -0.3 is 67.1 Å². The van der Waals surface area contributed by atoms with E-state index in [0.717, 1.165) is 49.8 Å². The number of ether oxygens (including phenoxy) is 1. The topological polar surface area (TPSA) is 258 Å². The summed E-state index contributed by atoms with van der Waals surface area (Å²) in [7, 11) is 0. The molecule has 0 radical (unpaired) electrons. The van der Waals surface area contributed by atoms with Crippen molar-refractivity contribution < 1.29 is 55.5 Å². The van der Waals surface area contributed by atoms with Crippen LogP contribution in [0.2, 0.25) is 0 Å². The average Bonchev–Trinajstić information content (AvgIpc) is 3.64. The standard InChI is InChI=1S/C52H81N3O11/c1-5-8-29-11-13-32-38(15-12-29)66-46-42(32)35(58)10-6-19-52(46,65)48(4,63)39-18-21-51(64)45-43(54-27-28(2)57)44(62)33-23-36(59)37(60)25-49(33)24-30(17-20-50(45,49)40(61)26-47(39,51)3)31-14-16-41(53)55-34(31)9-7-22-56/h14,16-17,20,28-30,32-33,35-42,46,54-61,63-65H,5-13,15,18-19,21-27,53H2,1-4H3/t28-,29-,30+,32+,33-,35+,36+,37-,38+,39-,40+,41?,42+,46+,47+,48+,49-,50-,51+,52+/m0/s1. The lowest BCUT2D eigenvalue weighted by molar-refractivity contribution is -0.263. The Morgan fingerprint density at radius 2 is 1.76 bits per heavy atom. The number of hydrogen-bond acceptors (Lipinski definition) is 14. The number of aliphatic hydroxyl groups excluding tert-OH is 6. The first-order chi connectivity index (χ1) is 31.2. The first-order valence-electron chi connectivity index (χ1n) is 25.7. The lowest BCUT2D eigenvalue weighted by Crippen LogP contribution is -2.74. The molecule has 14 heteroatoms. The molecule has 1 saturated heterocycles. The molecular formula is C52H81N3O11. The van der Waals surface area contributed by atoms with E-state index in [1.807, 2.05) is 31.2 Å². The van der Waals surface area contributed by atoms with Gasteiger partial charge in [-0.15, -0.1) is 0 Å². The SMILES string of the molecule is CCC[C@H]1CC[C@H]2[C@@H]3[C@H](O)CCC[C@](O)([C@](C)(O)[C@H]4CC[C@@]5(O)C6=C(NC[C@H](C)O)C(=O)[C@@H]7C[C@@H](O)[C@@H](O)C[C@@]78C[C@H](C7=C(CCCO)NC(N)C=C7)C=C[C@]68[C@H](O)C[C@]45C)[C@@H]3O[C@@H]2CC1. The van der Waals surface area contributed by atoms with Crippen molar-refractivity contribution in [3.63, 3.8) is 0 Å². The summed E-state index contributed by atoms with van der Waals surface area (Å²) >= 11 is 0. The zero-order valence-corrected chi connectivity index (χ0v) is 39.7. The largest absolute Gasteiger partial charge is 0.396 e. The van der Waals surface area contributed by atoms with Gasteiger partial charge in [-0.2, -0.15) is 0 Å². The summed E-state index contributed by atoms with van der Waals surface area (Å²) in [5.41, 5.74) is -1.11. The smallest absolute Gasteiger partial charge is 0.182 e. The maximum absolute atomic E-state index is 15.6. The lowest BCUT2D eigenvalue weighted by Gasteiger charge is -2.70. The number of allylic oxidation sites excluding steroid dienone is 5. The van der Waals surface area contributed by atoms with Gasteiger partial charge in [-0.1, -0.05) is 51.3 Å². The molecule has 2 heterocycles. The number of Topliss-reactive ketones (excluding diaryl/α,β-unsaturated/α-hetero) is 1. The minimum Gasteiger partial charge on any atom is -0.396 e. The number of carbonyl (C=O) groups excluding carboxylic acids is 1. The highest BCUT2D eigenvalue weighted by Gasteiger charge is 2.80. The summed E-state index contributed by atoms with van der Waals surface area (Å²) in [5.74, 6) is -2.16. The Labute approximate surface area is 390 Å². The van der Waals surface area contributed by atoms with Crippen LogP contribution in [0, 0.1) is 51.8 Å². The fourth-order valence-corrected chi connectivity index (χ4v) is 16.8. The van der Waals surface area contributed by atoms with Gasteiger partial charge in [-0.3, -0.25) is 4.79 Å². The van der Waals surface area contributed by atoms with Gasteiger partial charge in [0.05, 0.1) is 65.8 Å². The first-order valence-corrected chi connectivity index (χ1v) is 25.7. The van der Waals surface area contributed by atoms with Crippen LogP contribution < -0.4 is 16.4 Å². The van der Waals surface area contributed by atoms with E-state index in [9.17, 15) is 46.0 Å². The fraction of sp³-hybridized carbons (Fsp3) is 0.827. The third-order valence-electron chi connectivity index (χ3n) is 19.8. The van der Waals surface area contributed by atoms with Crippen LogP contribution in [-0.4, -0.2) is 131 Å². The molecule has 13 N–H and O–H groups in total. The number of aliphatic hydroxyl groups is 9. The Morgan fingerprint density at radius 3 is 2.48 bits per heavy atom. The van der Waals surface area contributed by atoms with Crippen molar-refractivity contribution in [2.45, 2.75) is 203 Å². The van der Waals surface area contributed by atoms with Crippen molar-refractivity contribution in [1.82, 2.24) is 10.6 Å². The maximum atomic E-state index is 15.6. The molecule has 2 spiro atoms. The number of carbonyl (C=O) groups is 1. The zero-order chi connectivity index (χ0) is 47.4. The van der Waals surface area contributed by atoms with Gasteiger partial charge in [0.15, 0.2) is 5.78 Å². The van der Waals surface area contributed by atoms with Crippen LogP contribution in [0.15, 0.2) is 46.8 Å². The van der Waals surface area contributed by atoms with Gasteiger partial charge >= 0.3 is 0 Å². The first kappa shape index (κ1) is 48.8. The summed E-state index contributed by atoms with van der Waals surface area (Å²) in [6.07, 6.45) is 9.66. The van der Waals surface area contributed by atoms with Crippen LogP contribution in [-0.2, 0) is 9.53 Å². The summed E-state index contributed by atoms with van der Waals surface area (Å²) < 4.78 is 6.96. The molecule has 370 valence electrons. The highest BCUT2D eigenvalue weighted by molar-refractivity contribution is 6.00. The molecule has 20 atom stereocenters. The molecule has 0 aromatic heterocycles. The van der Waals surface area contributed by atoms with Gasteiger partial charge in [0.25, 0.3) is 0 Å². The Morgan fingerprint density at radius 1 is 1.00 bits per heavy atom. The number of ketones is 1. The van der Waals surface area contributed by atoms with Crippen molar-refractivity contribution in [2.75, 3.05) is 13.2 Å². The monoisotopic (exact) mass is 924 g/mol. The molecule has 1 unspecified atom stereocenters. The third-order valence-corrected chi connectivity index (χ3v) is 19.8. The second-order valence-corrected chi connectivity index (χ2v) is 23.2. The highest BCUT2D eigenvalue weighted by atomic mass is 16.5. The Bertz CT molecular complexity index is 1990. The van der Waals surface area contributed by atoms with Crippen molar-refractivity contribution in [1.29, 1.82) is 0 Å². The number of nitrogens with two attached hydrogens (primary N) is 1. The normalized spacial score (nSPS) is 49.0. The molecule has 0 aromatic rings. The van der Waals surface area contributed by atoms with Crippen LogP contribution in [0.5, 0.6) is 0 Å². The fourth-order valence-electron chi connectivity index (χ4n) is 16.8. The van der Waals surface area contributed by atoms with Crippen LogP contribution >= 0.6 is 0 Å². The molecule has 14 nitrogen and oxygen atoms in total. The van der Waals surface area contributed by atoms with E-state index in [2.05, 4.69) is 17.6 Å². The molecule has 7 aliphatic carbocycles. The van der Waals surface area contributed by atoms with E-state index >= 15 is 4.79 Å². The van der Waals surface area contributed by atoms with Gasteiger partial charge in [0.1, 0.15) is 5.60 Å². The predicted molar refractivity (Wildman–Crippen MR) is 247 cm³/mol. The lowest BCUT2D eigenvalue weighted by atomic mass is 9.35. The number of fused-ring (bicyclic) bond motifs is 5. The Balaban J connectivity index is 1.17. The highest BCUT2D eigenvalue weighted by Crippen LogP contribution is 2.77. The maximum Gasteiger partial charge on any atom is 0.182 e. The van der Waals surface area contributed by atoms with Crippen molar-refractivity contribution in [3.8, 4) is 0 Å². The van der Waals surface area contributed by atoms with Crippen molar-refractivity contribution in [2.24, 2.45) is 57.5 Å². The molecule has 9 aliphatic rings. The zero-order valence-electron chi connectivity index (χ0n) is 39.7. The second-order valence-electron chi connectivity index (χ2n) is 23.2. The summed E-state index contributed by atoms with van der Waals surface area (Å²) in [5, 5.41) is 116. The number of nitrogens with one attached hydrogen (secondary N) is 2. The van der Waals surface area contributed by atoms with Crippen molar-refractivity contribution >= 4 is 5.78 Å². The van der Waals surface area contributed by atoms with Crippen LogP contribution in [0.1, 0.15) is 137 Å². The van der Waals surface area contributed by atoms with Gasteiger partial charge in [-0.05, 0) is 139 Å². The van der Waals surface area contributed by atoms with Gasteiger partial charge in [0, 0.05) is 53.0 Å². The number of hydrogen-bond donors (Lipinski definition) is 12. The van der Waals surface area contributed by atoms with Gasteiger partial charge in [-0.25, -0.2) is 0 Å². The molecule has 0 aromatic carbocycles. The van der Waals surface area contributed by atoms with Crippen LogP contribution in [0.4, 0.5) is 0 Å². The van der Waals surface area contributed by atoms with E-state index < -0.39 is 87.7 Å². The molecule has 0 bridgehead atoms. The summed E-state index contributed by atoms with van der Waals surface area (Å²) in [4.78, 5) is 15.6. The quantitative estimate of drug-likeness (QED) is 0.133. The molecular weight excluding hydrogens is 843 g/mol.